The molecule has 0 spiro atoms. The standard InChI is InChI=1S/C14H16N2O2S/c15-9-12-2-1-3-13(8-12)10-19-11-14(17)16-4-6-18-7-5-16/h1-3,8H,4-7,10-11H2. The summed E-state index contributed by atoms with van der Waals surface area (Å²) in [5.74, 6) is 1.41. The van der Waals surface area contributed by atoms with Crippen LogP contribution in [0.5, 0.6) is 0 Å². The lowest BCUT2D eigenvalue weighted by Crippen LogP contribution is -2.41. The number of hydrogen-bond donors (Lipinski definition) is 0. The number of nitriles is 1. The van der Waals surface area contributed by atoms with Crippen molar-refractivity contribution in [3.63, 3.8) is 0 Å². The average molecular weight is 276 g/mol. The summed E-state index contributed by atoms with van der Waals surface area (Å²) < 4.78 is 5.22. The predicted molar refractivity (Wildman–Crippen MR) is 74.7 cm³/mol. The van der Waals surface area contributed by atoms with Crippen molar-refractivity contribution in [1.29, 1.82) is 5.26 Å². The number of ether oxygens (including phenoxy) is 1. The fourth-order valence-electron chi connectivity index (χ4n) is 1.89. The minimum Gasteiger partial charge on any atom is -0.378 e. The van der Waals surface area contributed by atoms with Crippen LogP contribution in [0.25, 0.3) is 0 Å². The Hall–Kier alpha value is -1.51. The van der Waals surface area contributed by atoms with E-state index in [0.717, 1.165) is 11.3 Å². The summed E-state index contributed by atoms with van der Waals surface area (Å²) in [5, 5.41) is 8.82. The van der Waals surface area contributed by atoms with Crippen LogP contribution in [0, 0.1) is 11.3 Å². The van der Waals surface area contributed by atoms with E-state index in [9.17, 15) is 4.79 Å². The SMILES string of the molecule is N#Cc1cccc(CSCC(=O)N2CCOCC2)c1. The lowest BCUT2D eigenvalue weighted by molar-refractivity contribution is -0.132. The molecule has 2 rings (SSSR count). The molecule has 0 aromatic heterocycles. The van der Waals surface area contributed by atoms with Crippen LogP contribution in [0.3, 0.4) is 0 Å². The van der Waals surface area contributed by atoms with Gasteiger partial charge in [-0.1, -0.05) is 12.1 Å². The minimum absolute atomic E-state index is 0.171. The normalized spacial score (nSPS) is 15.0. The maximum Gasteiger partial charge on any atom is 0.232 e. The number of morpholine rings is 1. The van der Waals surface area contributed by atoms with Gasteiger partial charge in [-0.05, 0) is 17.7 Å². The zero-order chi connectivity index (χ0) is 13.5. The van der Waals surface area contributed by atoms with Crippen molar-refractivity contribution in [3.05, 3.63) is 35.4 Å². The van der Waals surface area contributed by atoms with Gasteiger partial charge >= 0.3 is 0 Å². The highest BCUT2D eigenvalue weighted by atomic mass is 32.2. The lowest BCUT2D eigenvalue weighted by atomic mass is 10.2. The van der Waals surface area contributed by atoms with Crippen LogP contribution in [0.2, 0.25) is 0 Å². The third kappa shape index (κ3) is 4.27. The molecule has 0 atom stereocenters. The second-order valence-corrected chi connectivity index (χ2v) is 5.28. The summed E-state index contributed by atoms with van der Waals surface area (Å²) in [5.41, 5.74) is 1.75. The number of carbonyl (C=O) groups excluding carboxylic acids is 1. The zero-order valence-electron chi connectivity index (χ0n) is 10.7. The van der Waals surface area contributed by atoms with Crippen LogP contribution in [0.15, 0.2) is 24.3 Å². The summed E-state index contributed by atoms with van der Waals surface area (Å²) >= 11 is 1.59. The maximum atomic E-state index is 11.9. The van der Waals surface area contributed by atoms with Crippen molar-refractivity contribution in [2.45, 2.75) is 5.75 Å². The average Bonchev–Trinajstić information content (AvgIpc) is 2.48. The fraction of sp³-hybridized carbons (Fsp3) is 0.429. The van der Waals surface area contributed by atoms with E-state index >= 15 is 0 Å². The largest absolute Gasteiger partial charge is 0.378 e. The van der Waals surface area contributed by atoms with E-state index in [1.54, 1.807) is 17.8 Å². The van der Waals surface area contributed by atoms with Crippen LogP contribution in [0.4, 0.5) is 0 Å². The summed E-state index contributed by atoms with van der Waals surface area (Å²) in [6.07, 6.45) is 0. The van der Waals surface area contributed by atoms with Gasteiger partial charge in [-0.25, -0.2) is 0 Å². The van der Waals surface area contributed by atoms with Gasteiger partial charge in [0, 0.05) is 18.8 Å². The quantitative estimate of drug-likeness (QED) is 0.839. The first-order valence-corrected chi connectivity index (χ1v) is 7.37. The Balaban J connectivity index is 1.76. The molecule has 0 unspecified atom stereocenters. The number of hydrogen-bond acceptors (Lipinski definition) is 4. The number of benzene rings is 1. The van der Waals surface area contributed by atoms with E-state index in [4.69, 9.17) is 10.00 Å². The highest BCUT2D eigenvalue weighted by molar-refractivity contribution is 7.99. The van der Waals surface area contributed by atoms with Crippen molar-refractivity contribution >= 4 is 17.7 Å². The van der Waals surface area contributed by atoms with Crippen molar-refractivity contribution < 1.29 is 9.53 Å². The molecule has 4 nitrogen and oxygen atoms in total. The van der Waals surface area contributed by atoms with Crippen molar-refractivity contribution in [3.8, 4) is 6.07 Å². The summed E-state index contributed by atoms with van der Waals surface area (Å²) in [4.78, 5) is 13.8. The molecule has 1 saturated heterocycles. The predicted octanol–water partition coefficient (Wildman–Crippen LogP) is 1.65. The molecule has 5 heteroatoms. The number of thioether (sulfide) groups is 1. The Morgan fingerprint density at radius 2 is 2.21 bits per heavy atom. The van der Waals surface area contributed by atoms with E-state index in [2.05, 4.69) is 6.07 Å². The molecule has 1 aliphatic rings. The monoisotopic (exact) mass is 276 g/mol. The molecule has 19 heavy (non-hydrogen) atoms. The van der Waals surface area contributed by atoms with Gasteiger partial charge in [-0.3, -0.25) is 4.79 Å². The zero-order valence-corrected chi connectivity index (χ0v) is 11.5. The molecule has 1 heterocycles. The lowest BCUT2D eigenvalue weighted by Gasteiger charge is -2.26. The fourth-order valence-corrected chi connectivity index (χ4v) is 2.77. The van der Waals surface area contributed by atoms with Gasteiger partial charge in [0.25, 0.3) is 0 Å². The third-order valence-electron chi connectivity index (χ3n) is 2.91. The van der Waals surface area contributed by atoms with Crippen LogP contribution in [0.1, 0.15) is 11.1 Å². The topological polar surface area (TPSA) is 53.3 Å². The van der Waals surface area contributed by atoms with Gasteiger partial charge in [-0.15, -0.1) is 11.8 Å². The van der Waals surface area contributed by atoms with Gasteiger partial charge in [-0.2, -0.15) is 5.26 Å². The van der Waals surface area contributed by atoms with Gasteiger partial charge in [0.05, 0.1) is 30.6 Å². The van der Waals surface area contributed by atoms with E-state index < -0.39 is 0 Å². The summed E-state index contributed by atoms with van der Waals surface area (Å²) in [6.45, 7) is 2.67. The van der Waals surface area contributed by atoms with Crippen molar-refractivity contribution in [2.24, 2.45) is 0 Å². The maximum absolute atomic E-state index is 11.9. The molecule has 1 aliphatic heterocycles. The Bertz CT molecular complexity index is 479. The van der Waals surface area contributed by atoms with Crippen LogP contribution >= 0.6 is 11.8 Å². The first-order chi connectivity index (χ1) is 9.29. The molecule has 100 valence electrons. The number of rotatable bonds is 4. The summed E-state index contributed by atoms with van der Waals surface area (Å²) in [7, 11) is 0. The van der Waals surface area contributed by atoms with Crippen LogP contribution < -0.4 is 0 Å². The van der Waals surface area contributed by atoms with E-state index in [1.165, 1.54) is 0 Å². The molecule has 1 amide bonds. The third-order valence-corrected chi connectivity index (χ3v) is 3.90. The molecular weight excluding hydrogens is 260 g/mol. The molecule has 0 radical (unpaired) electrons. The number of carbonyl (C=O) groups is 1. The Morgan fingerprint density at radius 3 is 2.95 bits per heavy atom. The molecule has 1 aromatic rings. The van der Waals surface area contributed by atoms with Gasteiger partial charge < -0.3 is 9.64 Å². The molecular formula is C14H16N2O2S. The second kappa shape index (κ2) is 7.17. The summed E-state index contributed by atoms with van der Waals surface area (Å²) in [6, 6.07) is 9.62. The van der Waals surface area contributed by atoms with E-state index in [0.29, 0.717) is 37.6 Å². The van der Waals surface area contributed by atoms with Crippen molar-refractivity contribution in [2.75, 3.05) is 32.1 Å². The van der Waals surface area contributed by atoms with Crippen molar-refractivity contribution in [1.82, 2.24) is 4.90 Å². The van der Waals surface area contributed by atoms with E-state index in [-0.39, 0.29) is 5.91 Å². The number of nitrogens with zero attached hydrogens (tertiary/aromatic N) is 2. The molecule has 1 fully saturated rings. The molecule has 1 aromatic carbocycles. The Labute approximate surface area is 117 Å². The van der Waals surface area contributed by atoms with Crippen LogP contribution in [-0.2, 0) is 15.3 Å². The first kappa shape index (κ1) is 13.9. The highest BCUT2D eigenvalue weighted by Crippen LogP contribution is 2.14. The minimum atomic E-state index is 0.171. The molecule has 0 bridgehead atoms. The number of amides is 1. The Morgan fingerprint density at radius 1 is 1.42 bits per heavy atom. The smallest absolute Gasteiger partial charge is 0.232 e. The highest BCUT2D eigenvalue weighted by Gasteiger charge is 2.16. The van der Waals surface area contributed by atoms with Gasteiger partial charge in [0.2, 0.25) is 5.91 Å². The van der Waals surface area contributed by atoms with Gasteiger partial charge in [0.1, 0.15) is 0 Å². The molecule has 0 saturated carbocycles. The first-order valence-electron chi connectivity index (χ1n) is 6.22. The Kier molecular flexibility index (Phi) is 5.25. The van der Waals surface area contributed by atoms with Crippen LogP contribution in [-0.4, -0.2) is 42.9 Å². The molecule has 0 aliphatic carbocycles. The second-order valence-electron chi connectivity index (χ2n) is 4.30. The molecule has 0 N–H and O–H groups in total. The van der Waals surface area contributed by atoms with Gasteiger partial charge in [0.15, 0.2) is 0 Å². The van der Waals surface area contributed by atoms with E-state index in [1.807, 2.05) is 23.1 Å².